The van der Waals surface area contributed by atoms with Crippen LogP contribution in [0.25, 0.3) is 0 Å². The number of rotatable bonds is 7. The minimum atomic E-state index is 0.906. The van der Waals surface area contributed by atoms with E-state index in [0.29, 0.717) is 0 Å². The van der Waals surface area contributed by atoms with Crippen LogP contribution in [0.3, 0.4) is 0 Å². The lowest BCUT2D eigenvalue weighted by Crippen LogP contribution is -2.22. The predicted octanol–water partition coefficient (Wildman–Crippen LogP) is 2.74. The van der Waals surface area contributed by atoms with Crippen LogP contribution >= 0.6 is 0 Å². The molecular formula is C15H25N3. The zero-order chi connectivity index (χ0) is 13.0. The van der Waals surface area contributed by atoms with Gasteiger partial charge >= 0.3 is 0 Å². The average Bonchev–Trinajstić information content (AvgIpc) is 3.15. The summed E-state index contributed by atoms with van der Waals surface area (Å²) in [5.74, 6) is 2.02. The van der Waals surface area contributed by atoms with Crippen molar-refractivity contribution in [2.45, 2.75) is 39.7 Å². The van der Waals surface area contributed by atoms with E-state index in [1.165, 1.54) is 24.8 Å². The van der Waals surface area contributed by atoms with Crippen molar-refractivity contribution in [2.24, 2.45) is 5.92 Å². The fourth-order valence-corrected chi connectivity index (χ4v) is 2.16. The summed E-state index contributed by atoms with van der Waals surface area (Å²) in [5, 5.41) is 3.43. The van der Waals surface area contributed by atoms with Crippen LogP contribution in [0.15, 0.2) is 12.1 Å². The molecule has 100 valence electrons. The molecular weight excluding hydrogens is 222 g/mol. The third kappa shape index (κ3) is 3.70. The summed E-state index contributed by atoms with van der Waals surface area (Å²) >= 11 is 0. The van der Waals surface area contributed by atoms with Crippen LogP contribution in [0.5, 0.6) is 0 Å². The van der Waals surface area contributed by atoms with Crippen LogP contribution in [0, 0.1) is 12.8 Å². The number of pyridine rings is 1. The van der Waals surface area contributed by atoms with Crippen LogP contribution in [0.4, 0.5) is 5.82 Å². The van der Waals surface area contributed by atoms with Crippen LogP contribution < -0.4 is 10.2 Å². The highest BCUT2D eigenvalue weighted by molar-refractivity contribution is 5.41. The Bertz CT molecular complexity index is 385. The smallest absolute Gasteiger partial charge is 0.128 e. The molecule has 2 rings (SSSR count). The Balaban J connectivity index is 1.94. The first kappa shape index (κ1) is 13.3. The van der Waals surface area contributed by atoms with E-state index < -0.39 is 0 Å². The van der Waals surface area contributed by atoms with E-state index in [1.54, 1.807) is 0 Å². The van der Waals surface area contributed by atoms with Crippen molar-refractivity contribution in [3.05, 3.63) is 23.4 Å². The van der Waals surface area contributed by atoms with Crippen molar-refractivity contribution < 1.29 is 0 Å². The van der Waals surface area contributed by atoms with Gasteiger partial charge < -0.3 is 10.2 Å². The van der Waals surface area contributed by atoms with Gasteiger partial charge in [0.25, 0.3) is 0 Å². The fraction of sp³-hybridized carbons (Fsp3) is 0.667. The van der Waals surface area contributed by atoms with Gasteiger partial charge in [0, 0.05) is 25.8 Å². The third-order valence-corrected chi connectivity index (χ3v) is 3.54. The van der Waals surface area contributed by atoms with E-state index in [0.717, 1.165) is 37.1 Å². The molecule has 0 aromatic carbocycles. The van der Waals surface area contributed by atoms with Gasteiger partial charge in [-0.1, -0.05) is 13.0 Å². The monoisotopic (exact) mass is 247 g/mol. The summed E-state index contributed by atoms with van der Waals surface area (Å²) in [5.41, 5.74) is 2.46. The molecule has 0 unspecified atom stereocenters. The second-order valence-corrected chi connectivity index (χ2v) is 5.41. The molecule has 1 aliphatic carbocycles. The van der Waals surface area contributed by atoms with E-state index in [4.69, 9.17) is 4.98 Å². The highest BCUT2D eigenvalue weighted by Crippen LogP contribution is 2.30. The lowest BCUT2D eigenvalue weighted by atomic mass is 10.2. The Labute approximate surface area is 111 Å². The first-order valence-corrected chi connectivity index (χ1v) is 7.09. The highest BCUT2D eigenvalue weighted by atomic mass is 15.2. The molecule has 1 saturated carbocycles. The minimum Gasteiger partial charge on any atom is -0.359 e. The number of aryl methyl sites for hydroxylation is 1. The summed E-state index contributed by atoms with van der Waals surface area (Å²) in [4.78, 5) is 7.00. The fourth-order valence-electron chi connectivity index (χ4n) is 2.16. The number of nitrogens with zero attached hydrogens (tertiary/aromatic N) is 2. The van der Waals surface area contributed by atoms with Crippen molar-refractivity contribution in [1.82, 2.24) is 10.3 Å². The van der Waals surface area contributed by atoms with Gasteiger partial charge in [-0.15, -0.1) is 0 Å². The van der Waals surface area contributed by atoms with Crippen LogP contribution in [-0.4, -0.2) is 25.1 Å². The minimum absolute atomic E-state index is 0.906. The molecule has 0 amide bonds. The Kier molecular flexibility index (Phi) is 4.59. The van der Waals surface area contributed by atoms with Crippen molar-refractivity contribution in [3.63, 3.8) is 0 Å². The van der Waals surface area contributed by atoms with Crippen LogP contribution in [-0.2, 0) is 6.54 Å². The zero-order valence-corrected chi connectivity index (χ0v) is 11.9. The Morgan fingerprint density at radius 1 is 1.39 bits per heavy atom. The molecule has 1 aliphatic rings. The molecule has 0 bridgehead atoms. The summed E-state index contributed by atoms with van der Waals surface area (Å²) in [6, 6.07) is 4.36. The number of hydrogen-bond acceptors (Lipinski definition) is 3. The van der Waals surface area contributed by atoms with Gasteiger partial charge in [0.1, 0.15) is 5.82 Å². The van der Waals surface area contributed by atoms with E-state index in [2.05, 4.69) is 43.2 Å². The van der Waals surface area contributed by atoms with Crippen molar-refractivity contribution >= 4 is 5.82 Å². The Morgan fingerprint density at radius 2 is 2.17 bits per heavy atom. The summed E-state index contributed by atoms with van der Waals surface area (Å²) < 4.78 is 0. The van der Waals surface area contributed by atoms with Gasteiger partial charge in [-0.25, -0.2) is 4.98 Å². The van der Waals surface area contributed by atoms with Crippen molar-refractivity contribution in [2.75, 3.05) is 25.0 Å². The highest BCUT2D eigenvalue weighted by Gasteiger charge is 2.23. The number of anilines is 1. The van der Waals surface area contributed by atoms with Crippen LogP contribution in [0.1, 0.15) is 37.4 Å². The molecule has 0 spiro atoms. The average molecular weight is 247 g/mol. The molecule has 0 saturated heterocycles. The number of aromatic nitrogens is 1. The van der Waals surface area contributed by atoms with Gasteiger partial charge in [-0.3, -0.25) is 0 Å². The molecule has 3 heteroatoms. The molecule has 0 aliphatic heterocycles. The predicted molar refractivity (Wildman–Crippen MR) is 77.0 cm³/mol. The second-order valence-electron chi connectivity index (χ2n) is 5.41. The molecule has 3 nitrogen and oxygen atoms in total. The molecule has 1 aromatic heterocycles. The molecule has 18 heavy (non-hydrogen) atoms. The second kappa shape index (κ2) is 6.19. The lowest BCUT2D eigenvalue weighted by molar-refractivity contribution is 0.670. The van der Waals surface area contributed by atoms with Crippen molar-refractivity contribution in [1.29, 1.82) is 0 Å². The summed E-state index contributed by atoms with van der Waals surface area (Å²) in [6.45, 7) is 7.45. The normalized spacial score (nSPS) is 14.8. The van der Waals surface area contributed by atoms with Gasteiger partial charge in [0.15, 0.2) is 0 Å². The van der Waals surface area contributed by atoms with Gasteiger partial charge in [0.2, 0.25) is 0 Å². The molecule has 0 atom stereocenters. The maximum absolute atomic E-state index is 4.72. The Morgan fingerprint density at radius 3 is 2.78 bits per heavy atom. The van der Waals surface area contributed by atoms with Crippen molar-refractivity contribution in [3.8, 4) is 0 Å². The number of nitrogens with one attached hydrogen (secondary N) is 1. The maximum Gasteiger partial charge on any atom is 0.128 e. The topological polar surface area (TPSA) is 28.2 Å². The molecule has 1 aromatic rings. The molecule has 1 fully saturated rings. The van der Waals surface area contributed by atoms with E-state index in [1.807, 2.05) is 0 Å². The standard InChI is InChI=1S/C15H25N3/c1-4-9-16-10-14-7-8-15(17-12(14)2)18(3)11-13-5-6-13/h7-8,13,16H,4-6,9-11H2,1-3H3. The Hall–Kier alpha value is -1.09. The molecule has 0 radical (unpaired) electrons. The number of hydrogen-bond donors (Lipinski definition) is 1. The largest absolute Gasteiger partial charge is 0.359 e. The van der Waals surface area contributed by atoms with E-state index in [9.17, 15) is 0 Å². The first-order valence-electron chi connectivity index (χ1n) is 7.09. The van der Waals surface area contributed by atoms with Gasteiger partial charge in [-0.2, -0.15) is 0 Å². The summed E-state index contributed by atoms with van der Waals surface area (Å²) in [6.07, 6.45) is 3.96. The van der Waals surface area contributed by atoms with E-state index >= 15 is 0 Å². The first-order chi connectivity index (χ1) is 8.70. The third-order valence-electron chi connectivity index (χ3n) is 3.54. The van der Waals surface area contributed by atoms with Gasteiger partial charge in [-0.05, 0) is 50.3 Å². The lowest BCUT2D eigenvalue weighted by Gasteiger charge is -2.19. The van der Waals surface area contributed by atoms with Crippen LogP contribution in [0.2, 0.25) is 0 Å². The SMILES string of the molecule is CCCNCc1ccc(N(C)CC2CC2)nc1C. The molecule has 1 N–H and O–H groups in total. The van der Waals surface area contributed by atoms with E-state index in [-0.39, 0.29) is 0 Å². The summed E-state index contributed by atoms with van der Waals surface area (Å²) in [7, 11) is 2.15. The van der Waals surface area contributed by atoms with Gasteiger partial charge in [0.05, 0.1) is 0 Å². The zero-order valence-electron chi connectivity index (χ0n) is 11.9. The quantitative estimate of drug-likeness (QED) is 0.751. The molecule has 1 heterocycles. The maximum atomic E-state index is 4.72.